The number of ether oxygens (including phenoxy) is 4. The first-order chi connectivity index (χ1) is 16.0. The van der Waals surface area contributed by atoms with Crippen molar-refractivity contribution in [3.05, 3.63) is 30.3 Å². The Labute approximate surface area is 196 Å². The summed E-state index contributed by atoms with van der Waals surface area (Å²) in [5.74, 6) is -0.733. The van der Waals surface area contributed by atoms with Crippen molar-refractivity contribution in [1.82, 2.24) is 0 Å². The molecule has 0 radical (unpaired) electrons. The van der Waals surface area contributed by atoms with E-state index in [9.17, 15) is 4.79 Å². The van der Waals surface area contributed by atoms with E-state index in [-0.39, 0.29) is 12.2 Å². The number of anilines is 1. The van der Waals surface area contributed by atoms with Crippen molar-refractivity contribution in [2.75, 3.05) is 11.9 Å². The lowest BCUT2D eigenvalue weighted by Crippen LogP contribution is -2.38. The molecule has 0 unspecified atom stereocenters. The number of benzene rings is 1. The molecule has 8 heteroatoms. The van der Waals surface area contributed by atoms with Crippen molar-refractivity contribution in [2.24, 2.45) is 5.16 Å². The van der Waals surface area contributed by atoms with Gasteiger partial charge in [-0.15, -0.1) is 0 Å². The smallest absolute Gasteiger partial charge is 0.372 e. The van der Waals surface area contributed by atoms with Crippen molar-refractivity contribution in [1.29, 1.82) is 0 Å². The van der Waals surface area contributed by atoms with E-state index < -0.39 is 24.3 Å². The minimum atomic E-state index is -0.733. The van der Waals surface area contributed by atoms with Crippen LogP contribution in [-0.4, -0.2) is 49.3 Å². The molecule has 33 heavy (non-hydrogen) atoms. The Hall–Kier alpha value is -2.00. The van der Waals surface area contributed by atoms with Crippen LogP contribution >= 0.6 is 0 Å². The Morgan fingerprint density at radius 2 is 1.76 bits per heavy atom. The van der Waals surface area contributed by atoms with Crippen LogP contribution in [0.5, 0.6) is 0 Å². The first-order valence-corrected chi connectivity index (χ1v) is 12.2. The van der Waals surface area contributed by atoms with Gasteiger partial charge in [-0.25, -0.2) is 4.79 Å². The lowest BCUT2D eigenvalue weighted by atomic mass is 10.1. The highest BCUT2D eigenvalue weighted by atomic mass is 16.8. The van der Waals surface area contributed by atoms with E-state index >= 15 is 0 Å². The largest absolute Gasteiger partial charge is 0.437 e. The van der Waals surface area contributed by atoms with Crippen molar-refractivity contribution in [2.45, 2.75) is 103 Å². The van der Waals surface area contributed by atoms with Crippen LogP contribution in [0, 0.1) is 0 Å². The van der Waals surface area contributed by atoms with Gasteiger partial charge in [0, 0.05) is 12.3 Å². The number of carbonyl (C=O) groups is 1. The third-order valence-corrected chi connectivity index (χ3v) is 5.70. The minimum absolute atomic E-state index is 0.358. The number of hydrogen-bond donors (Lipinski definition) is 1. The second kappa shape index (κ2) is 13.0. The molecule has 1 aromatic carbocycles. The second-order valence-electron chi connectivity index (χ2n) is 9.00. The standard InChI is InChI=1S/C25H38N2O6/c1-4-5-6-7-8-9-10-14-17-29-21-20(30-23-22(21)31-25(2,3)32-23)18-26-33-24(28)27-19-15-12-11-13-16-19/h11-13,15-16,18,20-23H,4-10,14,17H2,1-3H3,(H,27,28)/t20-,21+,22-,23-/m1/s1. The Bertz CT molecular complexity index is 742. The van der Waals surface area contributed by atoms with E-state index in [0.29, 0.717) is 12.3 Å². The van der Waals surface area contributed by atoms with E-state index in [1.807, 2.05) is 32.0 Å². The summed E-state index contributed by atoms with van der Waals surface area (Å²) in [7, 11) is 0. The quantitative estimate of drug-likeness (QED) is 0.177. The molecule has 4 atom stereocenters. The van der Waals surface area contributed by atoms with Crippen LogP contribution in [0.15, 0.2) is 35.5 Å². The molecule has 2 fully saturated rings. The molecule has 0 spiro atoms. The number of carbonyl (C=O) groups excluding carboxylic acids is 1. The minimum Gasteiger partial charge on any atom is -0.372 e. The number of para-hydroxylation sites is 1. The van der Waals surface area contributed by atoms with E-state index in [4.69, 9.17) is 23.8 Å². The summed E-state index contributed by atoms with van der Waals surface area (Å²) in [5, 5.41) is 6.41. The number of hydrogen-bond acceptors (Lipinski definition) is 7. The highest BCUT2D eigenvalue weighted by Crippen LogP contribution is 2.38. The molecule has 3 rings (SSSR count). The first kappa shape index (κ1) is 25.6. The van der Waals surface area contributed by atoms with Gasteiger partial charge in [0.1, 0.15) is 18.3 Å². The van der Waals surface area contributed by atoms with Gasteiger partial charge in [-0.3, -0.25) is 10.2 Å². The van der Waals surface area contributed by atoms with Gasteiger partial charge in [0.25, 0.3) is 0 Å². The number of nitrogens with one attached hydrogen (secondary N) is 1. The summed E-state index contributed by atoms with van der Waals surface area (Å²) < 4.78 is 23.9. The molecule has 0 aliphatic carbocycles. The van der Waals surface area contributed by atoms with Crippen LogP contribution in [-0.2, 0) is 23.8 Å². The van der Waals surface area contributed by atoms with Gasteiger partial charge in [0.15, 0.2) is 12.1 Å². The molecule has 2 aliphatic heterocycles. The molecule has 0 bridgehead atoms. The number of unbranched alkanes of at least 4 members (excludes halogenated alkanes) is 7. The van der Waals surface area contributed by atoms with Gasteiger partial charge in [-0.05, 0) is 32.4 Å². The zero-order chi connectivity index (χ0) is 23.5. The summed E-state index contributed by atoms with van der Waals surface area (Å²) in [6.07, 6.45) is 8.79. The Balaban J connectivity index is 1.43. The van der Waals surface area contributed by atoms with Crippen LogP contribution in [0.1, 0.15) is 72.1 Å². The molecule has 1 amide bonds. The van der Waals surface area contributed by atoms with Gasteiger partial charge in [0.05, 0.1) is 6.21 Å². The van der Waals surface area contributed by atoms with Crippen molar-refractivity contribution in [3.8, 4) is 0 Å². The average molecular weight is 463 g/mol. The van der Waals surface area contributed by atoms with E-state index in [1.165, 1.54) is 44.7 Å². The second-order valence-corrected chi connectivity index (χ2v) is 9.00. The van der Waals surface area contributed by atoms with Crippen LogP contribution in [0.3, 0.4) is 0 Å². The van der Waals surface area contributed by atoms with Gasteiger partial charge >= 0.3 is 6.09 Å². The highest BCUT2D eigenvalue weighted by molar-refractivity contribution is 5.84. The fraction of sp³-hybridized carbons (Fsp3) is 0.680. The zero-order valence-electron chi connectivity index (χ0n) is 20.0. The molecule has 1 N–H and O–H groups in total. The maximum atomic E-state index is 11.9. The van der Waals surface area contributed by atoms with E-state index in [0.717, 1.165) is 12.8 Å². The third-order valence-electron chi connectivity index (χ3n) is 5.70. The van der Waals surface area contributed by atoms with Crippen molar-refractivity contribution >= 4 is 18.0 Å². The molecular formula is C25H38N2O6. The van der Waals surface area contributed by atoms with Crippen LogP contribution in [0.2, 0.25) is 0 Å². The van der Waals surface area contributed by atoms with Crippen LogP contribution in [0.25, 0.3) is 0 Å². The predicted molar refractivity (Wildman–Crippen MR) is 126 cm³/mol. The molecule has 0 aromatic heterocycles. The maximum absolute atomic E-state index is 11.9. The lowest BCUT2D eigenvalue weighted by molar-refractivity contribution is -0.209. The van der Waals surface area contributed by atoms with Gasteiger partial charge in [-0.2, -0.15) is 0 Å². The molecule has 2 saturated heterocycles. The van der Waals surface area contributed by atoms with E-state index in [1.54, 1.807) is 12.1 Å². The molecule has 8 nitrogen and oxygen atoms in total. The van der Waals surface area contributed by atoms with Crippen LogP contribution in [0.4, 0.5) is 10.5 Å². The molecular weight excluding hydrogens is 424 g/mol. The Morgan fingerprint density at radius 1 is 1.06 bits per heavy atom. The summed E-state index contributed by atoms with van der Waals surface area (Å²) >= 11 is 0. The van der Waals surface area contributed by atoms with Gasteiger partial charge < -0.3 is 18.9 Å². The summed E-state index contributed by atoms with van der Waals surface area (Å²) in [4.78, 5) is 16.9. The van der Waals surface area contributed by atoms with Gasteiger partial charge in [0.2, 0.25) is 0 Å². The average Bonchev–Trinajstić information content (AvgIpc) is 3.24. The van der Waals surface area contributed by atoms with Crippen molar-refractivity contribution < 1.29 is 28.6 Å². The monoisotopic (exact) mass is 462 g/mol. The maximum Gasteiger partial charge on any atom is 0.437 e. The predicted octanol–water partition coefficient (Wildman–Crippen LogP) is 5.62. The van der Waals surface area contributed by atoms with Crippen molar-refractivity contribution in [3.63, 3.8) is 0 Å². The number of oxime groups is 1. The third kappa shape index (κ3) is 8.37. The van der Waals surface area contributed by atoms with Crippen LogP contribution < -0.4 is 5.32 Å². The first-order valence-electron chi connectivity index (χ1n) is 12.2. The summed E-state index contributed by atoms with van der Waals surface area (Å²) in [5.41, 5.74) is 0.625. The molecule has 2 aliphatic rings. The SMILES string of the molecule is CCCCCCCCCCO[C@@H]1[C@H]2OC(C)(C)O[C@H]2O[C@@H]1C=NOC(=O)Nc1ccccc1. The number of nitrogens with zero attached hydrogens (tertiary/aromatic N) is 1. The number of amides is 1. The molecule has 1 aromatic rings. The fourth-order valence-electron chi connectivity index (χ4n) is 4.07. The molecule has 0 saturated carbocycles. The highest BCUT2D eigenvalue weighted by Gasteiger charge is 2.55. The van der Waals surface area contributed by atoms with Gasteiger partial charge in [-0.1, -0.05) is 75.2 Å². The molecule has 184 valence electrons. The topological polar surface area (TPSA) is 87.6 Å². The Kier molecular flexibility index (Phi) is 10.1. The fourth-order valence-corrected chi connectivity index (χ4v) is 4.07. The number of rotatable bonds is 13. The zero-order valence-corrected chi connectivity index (χ0v) is 20.0. The summed E-state index contributed by atoms with van der Waals surface area (Å²) in [6, 6.07) is 9.03. The Morgan fingerprint density at radius 3 is 2.48 bits per heavy atom. The molecule has 2 heterocycles. The lowest BCUT2D eigenvalue weighted by Gasteiger charge is -2.24. The summed E-state index contributed by atoms with van der Waals surface area (Å²) in [6.45, 7) is 6.54. The normalized spacial score (nSPS) is 25.9. The van der Waals surface area contributed by atoms with E-state index in [2.05, 4.69) is 17.4 Å². The number of fused-ring (bicyclic) bond motifs is 1.